The number of carbonyl (C=O) groups excluding carboxylic acids is 6. The minimum absolute atomic E-state index is 0.0947. The molecule has 1 aliphatic carbocycles. The van der Waals surface area contributed by atoms with Gasteiger partial charge in [0.25, 0.3) is 0 Å². The number of hydrogen-bond donors (Lipinski definition) is 16. The van der Waals surface area contributed by atoms with Crippen molar-refractivity contribution in [3.8, 4) is 33.2 Å². The zero-order valence-electron chi connectivity index (χ0n) is 58.4. The predicted octanol–water partition coefficient (Wildman–Crippen LogP) is -2.38. The third kappa shape index (κ3) is 20.2. The van der Waals surface area contributed by atoms with E-state index in [2.05, 4.69) is 56.1 Å². The topological polar surface area (TPSA) is 494 Å². The number of piperidine rings is 2. The number of aromatic nitrogens is 4. The predicted molar refractivity (Wildman–Crippen MR) is 375 cm³/mol. The Morgan fingerprint density at radius 3 is 2.03 bits per heavy atom. The largest absolute Gasteiger partial charge is 0.504 e. The lowest BCUT2D eigenvalue weighted by Crippen LogP contribution is -2.64. The highest BCUT2D eigenvalue weighted by atomic mass is 32.3. The van der Waals surface area contributed by atoms with Crippen LogP contribution in [0.1, 0.15) is 103 Å². The number of fused-ring (bicyclic) bond motifs is 2. The molecule has 6 aliphatic rings. The average molecular weight is 1500 g/mol. The summed E-state index contributed by atoms with van der Waals surface area (Å²) >= 11 is 1.44. The smallest absolute Gasteiger partial charge is 0.446 e. The number of β-amino-alcohol motifs (C(OH)–C–C–N with tert-alkyl or cyclic N) is 1. The first-order valence-corrected chi connectivity index (χ1v) is 37.7. The number of nitrogens with one attached hydrogen (secondary N) is 6. The second-order valence-corrected chi connectivity index (χ2v) is 30.6. The lowest BCUT2D eigenvalue weighted by atomic mass is 9.80. The number of hydrogen-bond acceptors (Lipinski definition) is 28. The van der Waals surface area contributed by atoms with Crippen LogP contribution < -0.4 is 45.9 Å². The third-order valence-electron chi connectivity index (χ3n) is 20.6. The first-order valence-electron chi connectivity index (χ1n) is 35.5. The normalized spacial score (nSPS) is 27.1. The number of ether oxygens (including phenoxy) is 1. The van der Waals surface area contributed by atoms with Crippen LogP contribution in [-0.4, -0.2) is 288 Å². The molecule has 5 saturated heterocycles. The third-order valence-corrected chi connectivity index (χ3v) is 22.0. The highest BCUT2D eigenvalue weighted by Gasteiger charge is 2.50. The van der Waals surface area contributed by atoms with Crippen LogP contribution in [0.4, 0.5) is 11.1 Å². The lowest BCUT2D eigenvalue weighted by Gasteiger charge is -2.40. The molecule has 0 radical (unpaired) electrons. The Morgan fingerprint density at radius 2 is 1.37 bits per heavy atom. The van der Waals surface area contributed by atoms with E-state index in [0.29, 0.717) is 48.1 Å². The number of anilines is 2. The molecule has 0 unspecified atom stereocenters. The number of carbonyl (C=O) groups is 6. The van der Waals surface area contributed by atoms with E-state index in [-0.39, 0.29) is 31.3 Å². The quantitative estimate of drug-likeness (QED) is 0.0365. The molecule has 0 bridgehead atoms. The van der Waals surface area contributed by atoms with E-state index in [9.17, 15) is 82.9 Å². The van der Waals surface area contributed by atoms with Crippen molar-refractivity contribution in [1.29, 1.82) is 0 Å². The number of phenols is 1. The molecular weight excluding hydrogens is 1400 g/mol. The van der Waals surface area contributed by atoms with Crippen molar-refractivity contribution in [3.05, 3.63) is 60.4 Å². The van der Waals surface area contributed by atoms with E-state index in [0.717, 1.165) is 83.5 Å². The molecule has 4 aromatic rings. The maximum atomic E-state index is 15.0. The van der Waals surface area contributed by atoms with Crippen molar-refractivity contribution in [2.45, 2.75) is 195 Å². The minimum Gasteiger partial charge on any atom is -0.504 e. The summed E-state index contributed by atoms with van der Waals surface area (Å²) in [5, 5.41) is 126. The summed E-state index contributed by atoms with van der Waals surface area (Å²) in [6.07, 6.45) is 1.11. The molecule has 5 aliphatic heterocycles. The van der Waals surface area contributed by atoms with Crippen molar-refractivity contribution in [2.24, 2.45) is 11.3 Å². The Kier molecular flexibility index (Phi) is 26.9. The Morgan fingerprint density at radius 1 is 0.721 bits per heavy atom. The van der Waals surface area contributed by atoms with Crippen LogP contribution in [0.2, 0.25) is 0 Å². The molecule has 1 saturated carbocycles. The molecule has 2 aromatic heterocycles. The van der Waals surface area contributed by atoms with E-state index >= 15 is 4.79 Å². The summed E-state index contributed by atoms with van der Waals surface area (Å²) in [7, 11) is -5.23. The molecule has 6 amide bonds. The van der Waals surface area contributed by atoms with Crippen LogP contribution in [0.15, 0.2) is 54.9 Å². The van der Waals surface area contributed by atoms with Gasteiger partial charge in [0.1, 0.15) is 35.2 Å². The van der Waals surface area contributed by atoms with Crippen molar-refractivity contribution in [2.75, 3.05) is 81.9 Å². The fraction of sp³-hybridized carbons (Fsp3) is 0.647. The molecule has 104 heavy (non-hydrogen) atoms. The van der Waals surface area contributed by atoms with Gasteiger partial charge < -0.3 is 106 Å². The number of aromatic hydroxyl groups is 1. The van der Waals surface area contributed by atoms with E-state index in [1.54, 1.807) is 0 Å². The average Bonchev–Trinajstić information content (AvgIpc) is 1.63. The van der Waals surface area contributed by atoms with Gasteiger partial charge in [-0.3, -0.25) is 33.3 Å². The lowest BCUT2D eigenvalue weighted by molar-refractivity contribution is -0.147. The van der Waals surface area contributed by atoms with Gasteiger partial charge in [-0.1, -0.05) is 74.8 Å². The van der Waals surface area contributed by atoms with Crippen molar-refractivity contribution in [1.82, 2.24) is 61.9 Å². The van der Waals surface area contributed by atoms with Gasteiger partial charge in [0.15, 0.2) is 11.5 Å². The summed E-state index contributed by atoms with van der Waals surface area (Å²) in [4.78, 5) is 104. The Bertz CT molecular complexity index is 3690. The van der Waals surface area contributed by atoms with Crippen molar-refractivity contribution in [3.63, 3.8) is 0 Å². The summed E-state index contributed by atoms with van der Waals surface area (Å²) < 4.78 is 43.6. The standard InChI is InChI=1S/C68H98N14O20S2/c1-37-32-82-57(58(37)91)62(95)70-31-44(86)27-48(73-36-68(3)18-23-80(24-19-68)67-78-77-63(103-67)41-12-10-40(11-13-41)42-29-71-66(72-30-42)79-21-16-47(17-22-79)101-46-7-5-4-6-8-46)59(92)74-54(38(2)85)64(96)81-33-45(87)28-49(81)60(93)75-55(52(90)25-39-9-14-50(88)53(26-39)102-104(98,99)100)61(94)76-56(65(82)97)51(89)15-20-69-43(34-83)35-84/h9-14,26,29-30,37-38,43-49,51-52,54-58,69,73,83-91H,4-8,15-25,27-28,31-36H2,1-3H3,(H,70,95)(H,74,92)(H,75,93)(H,76,94)(H,98,99,100)/t37-,38+,44+,45+,48-,49-,51+,52+,54-,55-,56-,57-,58-/m0/s1. The van der Waals surface area contributed by atoms with Crippen LogP contribution in [-0.2, 0) is 50.3 Å². The van der Waals surface area contributed by atoms with E-state index in [4.69, 9.17) is 14.7 Å². The highest BCUT2D eigenvalue weighted by Crippen LogP contribution is 2.37. The van der Waals surface area contributed by atoms with Gasteiger partial charge in [-0.25, -0.2) is 9.97 Å². The van der Waals surface area contributed by atoms with Crippen LogP contribution >= 0.6 is 11.3 Å². The van der Waals surface area contributed by atoms with Crippen LogP contribution in [0, 0.1) is 11.3 Å². The maximum absolute atomic E-state index is 15.0. The molecule has 0 spiro atoms. The van der Waals surface area contributed by atoms with Gasteiger partial charge in [-0.05, 0) is 93.5 Å². The maximum Gasteiger partial charge on any atom is 0.446 e. The minimum atomic E-state index is -5.23. The number of benzene rings is 2. The molecule has 34 nitrogen and oxygen atoms in total. The Balaban J connectivity index is 0.845. The van der Waals surface area contributed by atoms with Gasteiger partial charge in [-0.15, -0.1) is 10.2 Å². The van der Waals surface area contributed by atoms with Gasteiger partial charge in [0.2, 0.25) is 46.5 Å². The molecule has 16 N–H and O–H groups in total. The first-order chi connectivity index (χ1) is 49.6. The van der Waals surface area contributed by atoms with Gasteiger partial charge in [0.05, 0.1) is 74.1 Å². The van der Waals surface area contributed by atoms with Crippen LogP contribution in [0.3, 0.4) is 0 Å². The van der Waals surface area contributed by atoms with Crippen molar-refractivity contribution < 1.29 is 96.6 Å². The Labute approximate surface area is 606 Å². The SMILES string of the molecule is C[C@@H](O)[C@@H]1NC(=O)[C@@H](NCC2(C)CCN(c3nnc(-c4ccc(-c5cnc(N6CCC(OC7CCCCC7)CC6)nc5)cc4)s3)CC2)C[C@@H](O)CNC(=O)[C@@H]2[C@@H](O)[C@@H](C)CN2C(=O)[C@H]([C@H](O)CCNC(CO)CO)NC(=O)[C@H]([C@H](O)Cc2ccc(O)c(OS(=O)(=O)O)c2)NC(=O)[C@@H]2C[C@@H](O)CN2C1=O. The molecule has 2 aromatic carbocycles. The molecule has 7 heterocycles. The van der Waals surface area contributed by atoms with Crippen LogP contribution in [0.5, 0.6) is 11.5 Å². The number of aliphatic hydroxyl groups excluding tert-OH is 8. The number of aliphatic hydroxyl groups is 8. The molecular formula is C68H98N14O20S2. The zero-order valence-corrected chi connectivity index (χ0v) is 60.0. The van der Waals surface area contributed by atoms with E-state index in [1.807, 2.05) is 43.6 Å². The first kappa shape index (κ1) is 79.1. The highest BCUT2D eigenvalue weighted by molar-refractivity contribution is 7.81. The molecule has 36 heteroatoms. The second-order valence-electron chi connectivity index (χ2n) is 28.6. The molecule has 10 rings (SSSR count). The Hall–Kier alpha value is -7.43. The fourth-order valence-corrected chi connectivity index (χ4v) is 15.6. The van der Waals surface area contributed by atoms with Crippen LogP contribution in [0.25, 0.3) is 21.7 Å². The molecule has 13 atom stereocenters. The summed E-state index contributed by atoms with van der Waals surface area (Å²) in [5.74, 6) is -8.54. The van der Waals surface area contributed by atoms with E-state index in [1.165, 1.54) is 44.4 Å². The zero-order chi connectivity index (χ0) is 74.7. The number of phenolic OH excluding ortho intramolecular Hbond substituents is 1. The fourth-order valence-electron chi connectivity index (χ4n) is 14.3. The molecule has 572 valence electrons. The monoisotopic (exact) mass is 1490 g/mol. The summed E-state index contributed by atoms with van der Waals surface area (Å²) in [5.41, 5.74) is 2.10. The number of nitrogens with zero attached hydrogens (tertiary/aromatic N) is 8. The van der Waals surface area contributed by atoms with Gasteiger partial charge in [-0.2, -0.15) is 8.42 Å². The summed E-state index contributed by atoms with van der Waals surface area (Å²) in [6.45, 7) is 4.81. The van der Waals surface area contributed by atoms with Crippen molar-refractivity contribution >= 4 is 68.3 Å². The van der Waals surface area contributed by atoms with Gasteiger partial charge in [0, 0.05) is 94.6 Å². The molecule has 6 fully saturated rings. The number of amides is 6. The number of rotatable bonds is 22. The van der Waals surface area contributed by atoms with Gasteiger partial charge >= 0.3 is 10.4 Å². The second kappa shape index (κ2) is 35.3. The summed E-state index contributed by atoms with van der Waals surface area (Å²) in [6, 6.07) is -0.975. The van der Waals surface area contributed by atoms with E-state index < -0.39 is 200 Å².